The fourth-order valence-corrected chi connectivity index (χ4v) is 5.00. The van der Waals surface area contributed by atoms with Gasteiger partial charge in [-0.3, -0.25) is 0 Å². The molecule has 0 aliphatic heterocycles. The van der Waals surface area contributed by atoms with Crippen LogP contribution in [0.3, 0.4) is 0 Å². The van der Waals surface area contributed by atoms with Crippen molar-refractivity contribution >= 4 is 8.32 Å². The third-order valence-corrected chi connectivity index (χ3v) is 5.47. The average Bonchev–Trinajstić information content (AvgIpc) is 2.65. The van der Waals surface area contributed by atoms with Crippen LogP contribution in [0.2, 0.25) is 19.6 Å². The van der Waals surface area contributed by atoms with E-state index in [0.717, 1.165) is 0 Å². The first-order valence-electron chi connectivity index (χ1n) is 6.53. The predicted octanol–water partition coefficient (Wildman–Crippen LogP) is 4.36. The van der Waals surface area contributed by atoms with Gasteiger partial charge in [0, 0.05) is 0 Å². The first-order chi connectivity index (χ1) is 7.18. The van der Waals surface area contributed by atoms with Crippen LogP contribution in [-0.4, -0.2) is 13.9 Å². The van der Waals surface area contributed by atoms with Crippen molar-refractivity contribution in [2.75, 3.05) is 0 Å². The zero-order valence-electron chi connectivity index (χ0n) is 11.5. The van der Waals surface area contributed by atoms with Crippen LogP contribution < -0.4 is 0 Å². The standard InChI is InChI=1S/C14H26OSi/c1-11(2)12-7-8-13(3)10-14(13,9-12)15-16(4,5)6/h12H,1,7-10H2,2-6H3/t12-,13?,14?/m1/s1. The molecule has 1 nitrogen and oxygen atoms in total. The molecular weight excluding hydrogens is 212 g/mol. The van der Waals surface area contributed by atoms with Crippen molar-refractivity contribution < 1.29 is 4.43 Å². The van der Waals surface area contributed by atoms with Gasteiger partial charge in [-0.1, -0.05) is 19.1 Å². The zero-order valence-corrected chi connectivity index (χ0v) is 12.5. The third-order valence-electron chi connectivity index (χ3n) is 4.47. The van der Waals surface area contributed by atoms with Crippen molar-refractivity contribution in [1.82, 2.24) is 0 Å². The van der Waals surface area contributed by atoms with E-state index < -0.39 is 8.32 Å². The van der Waals surface area contributed by atoms with Gasteiger partial charge < -0.3 is 4.43 Å². The molecule has 2 rings (SSSR count). The van der Waals surface area contributed by atoms with Gasteiger partial charge in [-0.2, -0.15) is 0 Å². The lowest BCUT2D eigenvalue weighted by atomic mass is 9.78. The summed E-state index contributed by atoms with van der Waals surface area (Å²) in [6.07, 6.45) is 5.16. The maximum Gasteiger partial charge on any atom is 0.184 e. The molecule has 0 radical (unpaired) electrons. The van der Waals surface area contributed by atoms with Gasteiger partial charge in [0.1, 0.15) is 0 Å². The lowest BCUT2D eigenvalue weighted by Gasteiger charge is -2.37. The van der Waals surface area contributed by atoms with Gasteiger partial charge in [-0.25, -0.2) is 0 Å². The highest BCUT2D eigenvalue weighted by Gasteiger charge is 2.68. The summed E-state index contributed by atoms with van der Waals surface area (Å²) in [5, 5.41) is 0. The second-order valence-electron chi connectivity index (χ2n) is 7.23. The molecule has 16 heavy (non-hydrogen) atoms. The van der Waals surface area contributed by atoms with Gasteiger partial charge in [0.05, 0.1) is 5.60 Å². The van der Waals surface area contributed by atoms with Crippen LogP contribution in [0.15, 0.2) is 12.2 Å². The third kappa shape index (κ3) is 2.02. The maximum atomic E-state index is 6.52. The topological polar surface area (TPSA) is 9.23 Å². The van der Waals surface area contributed by atoms with Crippen LogP contribution >= 0.6 is 0 Å². The largest absolute Gasteiger partial charge is 0.412 e. The molecule has 2 saturated carbocycles. The monoisotopic (exact) mass is 238 g/mol. The van der Waals surface area contributed by atoms with Crippen molar-refractivity contribution in [2.24, 2.45) is 11.3 Å². The van der Waals surface area contributed by atoms with Crippen LogP contribution in [-0.2, 0) is 4.43 Å². The molecule has 2 aliphatic rings. The Morgan fingerprint density at radius 3 is 2.50 bits per heavy atom. The van der Waals surface area contributed by atoms with Crippen molar-refractivity contribution in [3.63, 3.8) is 0 Å². The molecule has 2 unspecified atom stereocenters. The molecule has 0 spiro atoms. The van der Waals surface area contributed by atoms with Crippen molar-refractivity contribution in [3.05, 3.63) is 12.2 Å². The summed E-state index contributed by atoms with van der Waals surface area (Å²) in [5.74, 6) is 0.701. The quantitative estimate of drug-likeness (QED) is 0.524. The number of hydrogen-bond donors (Lipinski definition) is 0. The Kier molecular flexibility index (Phi) is 2.67. The Bertz CT molecular complexity index is 317. The van der Waals surface area contributed by atoms with Crippen molar-refractivity contribution in [1.29, 1.82) is 0 Å². The van der Waals surface area contributed by atoms with Gasteiger partial charge in [0.25, 0.3) is 0 Å². The molecule has 0 amide bonds. The summed E-state index contributed by atoms with van der Waals surface area (Å²) >= 11 is 0. The molecule has 0 aromatic rings. The second kappa shape index (κ2) is 3.46. The van der Waals surface area contributed by atoms with E-state index >= 15 is 0 Å². The average molecular weight is 238 g/mol. The van der Waals surface area contributed by atoms with E-state index in [1.165, 1.54) is 31.3 Å². The highest BCUT2D eigenvalue weighted by atomic mass is 28.4. The van der Waals surface area contributed by atoms with Gasteiger partial charge in [-0.05, 0) is 63.6 Å². The van der Waals surface area contributed by atoms with Crippen LogP contribution in [0.1, 0.15) is 39.5 Å². The second-order valence-corrected chi connectivity index (χ2v) is 11.7. The lowest BCUT2D eigenvalue weighted by molar-refractivity contribution is 0.0692. The Hall–Kier alpha value is -0.0831. The van der Waals surface area contributed by atoms with E-state index in [0.29, 0.717) is 11.3 Å². The maximum absolute atomic E-state index is 6.52. The van der Waals surface area contributed by atoms with E-state index in [1.807, 2.05) is 0 Å². The fraction of sp³-hybridized carbons (Fsp3) is 0.857. The van der Waals surface area contributed by atoms with Gasteiger partial charge >= 0.3 is 0 Å². The number of hydrogen-bond acceptors (Lipinski definition) is 1. The van der Waals surface area contributed by atoms with E-state index in [4.69, 9.17) is 4.43 Å². The smallest absolute Gasteiger partial charge is 0.184 e. The number of fused-ring (bicyclic) bond motifs is 1. The molecule has 2 heteroatoms. The van der Waals surface area contributed by atoms with Crippen molar-refractivity contribution in [3.8, 4) is 0 Å². The van der Waals surface area contributed by atoms with E-state index in [-0.39, 0.29) is 5.60 Å². The molecule has 0 heterocycles. The molecule has 0 bridgehead atoms. The predicted molar refractivity (Wildman–Crippen MR) is 72.0 cm³/mol. The van der Waals surface area contributed by atoms with Gasteiger partial charge in [-0.15, -0.1) is 0 Å². The van der Waals surface area contributed by atoms with E-state index in [1.54, 1.807) is 0 Å². The molecular formula is C14H26OSi. The molecule has 0 aromatic heterocycles. The van der Waals surface area contributed by atoms with E-state index in [2.05, 4.69) is 40.1 Å². The van der Waals surface area contributed by atoms with E-state index in [9.17, 15) is 0 Å². The minimum atomic E-state index is -1.42. The molecule has 0 N–H and O–H groups in total. The van der Waals surface area contributed by atoms with Crippen LogP contribution in [0, 0.1) is 11.3 Å². The van der Waals surface area contributed by atoms with Crippen LogP contribution in [0.4, 0.5) is 0 Å². The highest BCUT2D eigenvalue weighted by molar-refractivity contribution is 6.69. The zero-order chi connectivity index (χ0) is 12.2. The Morgan fingerprint density at radius 1 is 1.38 bits per heavy atom. The minimum Gasteiger partial charge on any atom is -0.412 e. The molecule has 0 aromatic carbocycles. The number of rotatable bonds is 3. The normalized spacial score (nSPS) is 42.7. The van der Waals surface area contributed by atoms with Crippen molar-refractivity contribution in [2.45, 2.75) is 64.8 Å². The molecule has 2 aliphatic carbocycles. The summed E-state index contributed by atoms with van der Waals surface area (Å²) in [4.78, 5) is 0. The van der Waals surface area contributed by atoms with Gasteiger partial charge in [0.2, 0.25) is 0 Å². The molecule has 0 saturated heterocycles. The number of allylic oxidation sites excluding steroid dienone is 1. The minimum absolute atomic E-state index is 0.222. The summed E-state index contributed by atoms with van der Waals surface area (Å²) in [6, 6.07) is 0. The van der Waals surface area contributed by atoms with Crippen LogP contribution in [0.25, 0.3) is 0 Å². The SMILES string of the molecule is C=C(C)[C@@H]1CCC2(C)CC2(O[Si](C)(C)C)C1. The first-order valence-corrected chi connectivity index (χ1v) is 9.94. The molecule has 3 atom stereocenters. The summed E-state index contributed by atoms with van der Waals surface area (Å²) in [5.41, 5.74) is 2.06. The highest BCUT2D eigenvalue weighted by Crippen LogP contribution is 2.68. The lowest BCUT2D eigenvalue weighted by Crippen LogP contribution is -2.40. The van der Waals surface area contributed by atoms with Gasteiger partial charge in [0.15, 0.2) is 8.32 Å². The molecule has 92 valence electrons. The Balaban J connectivity index is 2.12. The fourth-order valence-electron chi connectivity index (χ4n) is 3.42. The molecule has 2 fully saturated rings. The Morgan fingerprint density at radius 2 is 2.00 bits per heavy atom. The summed E-state index contributed by atoms with van der Waals surface area (Å²) < 4.78 is 6.52. The summed E-state index contributed by atoms with van der Waals surface area (Å²) in [6.45, 7) is 15.7. The summed E-state index contributed by atoms with van der Waals surface area (Å²) in [7, 11) is -1.42. The first kappa shape index (κ1) is 12.4. The Labute approximate surface area is 101 Å². The van der Waals surface area contributed by atoms with Crippen LogP contribution in [0.5, 0.6) is 0 Å².